The Labute approximate surface area is 162 Å². The van der Waals surface area contributed by atoms with E-state index < -0.39 is 10.0 Å². The molecule has 2 bridgehead atoms. The monoisotopic (exact) mass is 390 g/mol. The number of nitrogens with one attached hydrogen (secondary N) is 1. The van der Waals surface area contributed by atoms with Gasteiger partial charge in [0.1, 0.15) is 0 Å². The predicted molar refractivity (Wildman–Crippen MR) is 105 cm³/mol. The molecule has 5 nitrogen and oxygen atoms in total. The van der Waals surface area contributed by atoms with E-state index >= 15 is 0 Å². The Bertz CT molecular complexity index is 884. The number of aryl methyl sites for hydroxylation is 1. The van der Waals surface area contributed by atoms with Crippen LogP contribution in [0, 0.1) is 23.7 Å². The molecular formula is C21H30N2O3S. The van der Waals surface area contributed by atoms with E-state index in [4.69, 9.17) is 0 Å². The Kier molecular flexibility index (Phi) is 4.24. The van der Waals surface area contributed by atoms with Crippen molar-refractivity contribution >= 4 is 15.9 Å². The molecule has 0 aromatic heterocycles. The summed E-state index contributed by atoms with van der Waals surface area (Å²) in [4.78, 5) is 13.3. The van der Waals surface area contributed by atoms with Crippen LogP contribution in [0.15, 0.2) is 23.1 Å². The fourth-order valence-electron chi connectivity index (χ4n) is 5.56. The lowest BCUT2D eigenvalue weighted by atomic mass is 9.68. The number of benzene rings is 1. The van der Waals surface area contributed by atoms with E-state index in [0.29, 0.717) is 30.1 Å². The van der Waals surface area contributed by atoms with Gasteiger partial charge in [-0.1, -0.05) is 26.8 Å². The van der Waals surface area contributed by atoms with Gasteiger partial charge < -0.3 is 5.32 Å². The van der Waals surface area contributed by atoms with Crippen LogP contribution in [-0.2, 0) is 10.0 Å². The lowest BCUT2D eigenvalue weighted by Gasteiger charge is -2.43. The summed E-state index contributed by atoms with van der Waals surface area (Å²) in [5.74, 6) is 0.482. The van der Waals surface area contributed by atoms with Gasteiger partial charge in [0.15, 0.2) is 0 Å². The van der Waals surface area contributed by atoms with Crippen LogP contribution in [0.4, 0.5) is 0 Å². The fourth-order valence-corrected chi connectivity index (χ4v) is 7.33. The summed E-state index contributed by atoms with van der Waals surface area (Å²) in [6, 6.07) is 5.16. The summed E-state index contributed by atoms with van der Waals surface area (Å²) >= 11 is 0. The minimum atomic E-state index is -3.51. The average molecular weight is 391 g/mol. The zero-order chi connectivity index (χ0) is 19.6. The Hall–Kier alpha value is -1.40. The van der Waals surface area contributed by atoms with Crippen LogP contribution < -0.4 is 5.32 Å². The molecule has 0 radical (unpaired) electrons. The third-order valence-electron chi connectivity index (χ3n) is 7.43. The SMILES string of the molecule is Cc1ccc(C(=O)NC2C(C)(C)[C@H]3CC[C@@]2(C)C3)cc1S(=O)(=O)N1CCC1. The van der Waals surface area contributed by atoms with E-state index in [1.54, 1.807) is 25.1 Å². The first-order valence-electron chi connectivity index (χ1n) is 9.97. The number of rotatable bonds is 4. The Morgan fingerprint density at radius 1 is 1.22 bits per heavy atom. The minimum Gasteiger partial charge on any atom is -0.348 e. The van der Waals surface area contributed by atoms with Crippen molar-refractivity contribution in [3.8, 4) is 0 Å². The molecular weight excluding hydrogens is 360 g/mol. The molecule has 3 aliphatic rings. The van der Waals surface area contributed by atoms with Crippen molar-refractivity contribution in [3.05, 3.63) is 29.3 Å². The van der Waals surface area contributed by atoms with Crippen molar-refractivity contribution in [3.63, 3.8) is 0 Å². The van der Waals surface area contributed by atoms with Gasteiger partial charge in [-0.15, -0.1) is 0 Å². The van der Waals surface area contributed by atoms with E-state index in [0.717, 1.165) is 19.3 Å². The number of carbonyl (C=O) groups excluding carboxylic acids is 1. The quantitative estimate of drug-likeness (QED) is 0.857. The second-order valence-electron chi connectivity index (χ2n) is 9.56. The molecule has 1 unspecified atom stereocenters. The standard InChI is InChI=1S/C21H30N2O3S/c1-14-6-7-15(12-17(14)27(25,26)23-10-5-11-23)18(24)22-19-20(2,3)16-8-9-21(19,4)13-16/h6-7,12,16,19H,5,8-11,13H2,1-4H3,(H,22,24)/t16-,19?,21-/m0/s1. The van der Waals surface area contributed by atoms with Crippen molar-refractivity contribution in [2.45, 2.75) is 64.3 Å². The van der Waals surface area contributed by atoms with Crippen molar-refractivity contribution in [1.29, 1.82) is 0 Å². The first-order chi connectivity index (χ1) is 12.6. The summed E-state index contributed by atoms with van der Waals surface area (Å²) in [5.41, 5.74) is 1.33. The number of hydrogen-bond acceptors (Lipinski definition) is 3. The van der Waals surface area contributed by atoms with Gasteiger partial charge in [-0.3, -0.25) is 4.79 Å². The smallest absolute Gasteiger partial charge is 0.251 e. The first kappa shape index (κ1) is 18.9. The van der Waals surface area contributed by atoms with Crippen LogP contribution in [0.5, 0.6) is 0 Å². The molecule has 1 saturated heterocycles. The van der Waals surface area contributed by atoms with Crippen molar-refractivity contribution in [1.82, 2.24) is 9.62 Å². The molecule has 1 aliphatic heterocycles. The molecule has 1 heterocycles. The maximum Gasteiger partial charge on any atom is 0.251 e. The molecule has 148 valence electrons. The van der Waals surface area contributed by atoms with Gasteiger partial charge in [-0.05, 0) is 67.1 Å². The van der Waals surface area contributed by atoms with Crippen LogP contribution in [0.3, 0.4) is 0 Å². The topological polar surface area (TPSA) is 66.5 Å². The third kappa shape index (κ3) is 2.83. The van der Waals surface area contributed by atoms with Gasteiger partial charge in [-0.2, -0.15) is 4.31 Å². The lowest BCUT2D eigenvalue weighted by molar-refractivity contribution is 0.0737. The summed E-state index contributed by atoms with van der Waals surface area (Å²) < 4.78 is 27.1. The maximum absolute atomic E-state index is 13.0. The molecule has 0 spiro atoms. The van der Waals surface area contributed by atoms with E-state index in [1.807, 2.05) is 0 Å². The number of hydrogen-bond donors (Lipinski definition) is 1. The van der Waals surface area contributed by atoms with Gasteiger partial charge in [0.05, 0.1) is 4.90 Å². The second-order valence-corrected chi connectivity index (χ2v) is 11.5. The molecule has 2 aliphatic carbocycles. The van der Waals surface area contributed by atoms with Crippen LogP contribution in [-0.4, -0.2) is 37.8 Å². The van der Waals surface area contributed by atoms with Crippen molar-refractivity contribution in [2.24, 2.45) is 16.7 Å². The third-order valence-corrected chi connectivity index (χ3v) is 9.47. The largest absolute Gasteiger partial charge is 0.348 e. The number of carbonyl (C=O) groups is 1. The van der Waals surface area contributed by atoms with Gasteiger partial charge >= 0.3 is 0 Å². The highest BCUT2D eigenvalue weighted by Crippen LogP contribution is 2.62. The summed E-state index contributed by atoms with van der Waals surface area (Å²) in [6.45, 7) is 9.70. The van der Waals surface area contributed by atoms with Crippen LogP contribution in [0.1, 0.15) is 62.4 Å². The van der Waals surface area contributed by atoms with Gasteiger partial charge in [0, 0.05) is 24.7 Å². The van der Waals surface area contributed by atoms with Gasteiger partial charge in [0.2, 0.25) is 10.0 Å². The molecule has 6 heteroatoms. The number of fused-ring (bicyclic) bond motifs is 2. The average Bonchev–Trinajstić information content (AvgIpc) is 3.00. The predicted octanol–water partition coefficient (Wildman–Crippen LogP) is 3.33. The zero-order valence-corrected chi connectivity index (χ0v) is 17.5. The highest BCUT2D eigenvalue weighted by Gasteiger charge is 2.59. The highest BCUT2D eigenvalue weighted by atomic mass is 32.2. The van der Waals surface area contributed by atoms with Crippen LogP contribution in [0.25, 0.3) is 0 Å². The molecule has 1 amide bonds. The number of sulfonamides is 1. The summed E-state index contributed by atoms with van der Waals surface area (Å²) in [7, 11) is -3.51. The molecule has 3 atom stereocenters. The minimum absolute atomic E-state index is 0.0693. The van der Waals surface area contributed by atoms with E-state index in [-0.39, 0.29) is 27.7 Å². The molecule has 1 aromatic carbocycles. The summed E-state index contributed by atoms with van der Waals surface area (Å²) in [6.07, 6.45) is 4.44. The lowest BCUT2D eigenvalue weighted by Crippen LogP contribution is -2.52. The number of amides is 1. The normalized spacial score (nSPS) is 32.3. The van der Waals surface area contributed by atoms with Gasteiger partial charge in [0.25, 0.3) is 5.91 Å². The molecule has 3 fully saturated rings. The molecule has 1 N–H and O–H groups in total. The first-order valence-corrected chi connectivity index (χ1v) is 11.4. The van der Waals surface area contributed by atoms with Crippen LogP contribution >= 0.6 is 0 Å². The summed E-state index contributed by atoms with van der Waals surface area (Å²) in [5, 5.41) is 3.27. The Morgan fingerprint density at radius 3 is 2.48 bits per heavy atom. The zero-order valence-electron chi connectivity index (χ0n) is 16.7. The van der Waals surface area contributed by atoms with Gasteiger partial charge in [-0.25, -0.2) is 8.42 Å². The molecule has 4 rings (SSSR count). The second kappa shape index (κ2) is 6.05. The van der Waals surface area contributed by atoms with E-state index in [1.165, 1.54) is 10.7 Å². The van der Waals surface area contributed by atoms with Crippen molar-refractivity contribution < 1.29 is 13.2 Å². The molecule has 27 heavy (non-hydrogen) atoms. The highest BCUT2D eigenvalue weighted by molar-refractivity contribution is 7.89. The Balaban J connectivity index is 1.61. The molecule has 2 saturated carbocycles. The van der Waals surface area contributed by atoms with E-state index in [9.17, 15) is 13.2 Å². The van der Waals surface area contributed by atoms with Crippen LogP contribution in [0.2, 0.25) is 0 Å². The Morgan fingerprint density at radius 2 is 1.93 bits per heavy atom. The number of nitrogens with zero attached hydrogens (tertiary/aromatic N) is 1. The van der Waals surface area contributed by atoms with Crippen molar-refractivity contribution in [2.75, 3.05) is 13.1 Å². The molecule has 1 aromatic rings. The fraction of sp³-hybridized carbons (Fsp3) is 0.667. The van der Waals surface area contributed by atoms with E-state index in [2.05, 4.69) is 26.1 Å². The maximum atomic E-state index is 13.0.